The van der Waals surface area contributed by atoms with Crippen LogP contribution in [0.1, 0.15) is 5.56 Å². The van der Waals surface area contributed by atoms with Crippen molar-refractivity contribution in [2.45, 2.75) is 0 Å². The van der Waals surface area contributed by atoms with Gasteiger partial charge in [-0.05, 0) is 0 Å². The van der Waals surface area contributed by atoms with Gasteiger partial charge in [0.05, 0.1) is 0 Å². The van der Waals surface area contributed by atoms with Crippen LogP contribution in [0.15, 0.2) is 24.8 Å². The summed E-state index contributed by atoms with van der Waals surface area (Å²) in [7, 11) is 2.04. The Morgan fingerprint density at radius 1 is 1.54 bits per heavy atom. The molecule has 2 rings (SSSR count). The van der Waals surface area contributed by atoms with E-state index < -0.39 is 0 Å². The van der Waals surface area contributed by atoms with E-state index >= 15 is 0 Å². The SMILES string of the molecule is C=Cc1cccc2nc([AsH2])n(C)c12. The molecule has 3 heteroatoms. The zero-order chi connectivity index (χ0) is 9.42. The molecule has 2 aromatic rings. The van der Waals surface area contributed by atoms with Gasteiger partial charge >= 0.3 is 85.5 Å². The Bertz CT molecular complexity index is 471. The van der Waals surface area contributed by atoms with Gasteiger partial charge in [0.15, 0.2) is 0 Å². The number of hydrogen-bond donors (Lipinski definition) is 0. The molecule has 0 N–H and O–H groups in total. The maximum atomic E-state index is 4.46. The summed E-state index contributed by atoms with van der Waals surface area (Å²) in [5.74, 6) is 0. The Labute approximate surface area is 85.8 Å². The zero-order valence-corrected chi connectivity index (χ0v) is 9.91. The van der Waals surface area contributed by atoms with E-state index in [9.17, 15) is 0 Å². The van der Waals surface area contributed by atoms with Crippen LogP contribution in [0.4, 0.5) is 0 Å². The van der Waals surface area contributed by atoms with E-state index in [1.54, 1.807) is 16.9 Å². The van der Waals surface area contributed by atoms with E-state index in [-0.39, 0.29) is 0 Å². The third-order valence-corrected chi connectivity index (χ3v) is 3.26. The van der Waals surface area contributed by atoms with Crippen molar-refractivity contribution in [3.05, 3.63) is 30.3 Å². The van der Waals surface area contributed by atoms with Crippen molar-refractivity contribution in [2.24, 2.45) is 7.05 Å². The number of rotatable bonds is 1. The first-order valence-electron chi connectivity index (χ1n) is 4.07. The second-order valence-electron chi connectivity index (χ2n) is 2.95. The summed E-state index contributed by atoms with van der Waals surface area (Å²) in [5, 5.41) is 0. The van der Waals surface area contributed by atoms with Crippen LogP contribution in [0.5, 0.6) is 0 Å². The summed E-state index contributed by atoms with van der Waals surface area (Å²) in [5.41, 5.74) is 3.38. The molecule has 2 nitrogen and oxygen atoms in total. The Balaban J connectivity index is 2.94. The molecule has 0 amide bonds. The molecule has 0 aliphatic heterocycles. The quantitative estimate of drug-likeness (QED) is 0.656. The molecule has 1 heterocycles. The molecule has 0 saturated carbocycles. The third kappa shape index (κ3) is 1.22. The average Bonchev–Trinajstić information content (AvgIpc) is 2.43. The standard InChI is InChI=1S/C10H11AsN2/c1-3-7-5-4-6-8-9(7)13(2)10(11)12-8/h3-6H,1,11H2,2H3. The van der Waals surface area contributed by atoms with Crippen LogP contribution in [0.25, 0.3) is 17.1 Å². The van der Waals surface area contributed by atoms with Crippen LogP contribution >= 0.6 is 0 Å². The molecule has 0 radical (unpaired) electrons. The van der Waals surface area contributed by atoms with Crippen molar-refractivity contribution in [1.82, 2.24) is 9.55 Å². The van der Waals surface area contributed by atoms with Gasteiger partial charge in [-0.15, -0.1) is 0 Å². The number of benzene rings is 1. The molecule has 1 atom stereocenters. The zero-order valence-electron chi connectivity index (χ0n) is 7.49. The van der Waals surface area contributed by atoms with Gasteiger partial charge in [0.2, 0.25) is 0 Å². The van der Waals surface area contributed by atoms with Gasteiger partial charge < -0.3 is 0 Å². The number of nitrogens with zero attached hydrogens (tertiary/aromatic N) is 2. The van der Waals surface area contributed by atoms with Crippen LogP contribution in [0.2, 0.25) is 0 Å². The predicted octanol–water partition coefficient (Wildman–Crippen LogP) is 0.475. The summed E-state index contributed by atoms with van der Waals surface area (Å²) in [6.07, 6.45) is 1.87. The molecule has 1 aromatic heterocycles. The van der Waals surface area contributed by atoms with Crippen molar-refractivity contribution in [3.63, 3.8) is 0 Å². The normalized spacial score (nSPS) is 10.6. The van der Waals surface area contributed by atoms with Crippen LogP contribution in [-0.2, 0) is 7.05 Å². The molecule has 0 bridgehead atoms. The Morgan fingerprint density at radius 3 is 3.00 bits per heavy atom. The minimum atomic E-state index is 1.05. The van der Waals surface area contributed by atoms with Gasteiger partial charge in [-0.3, -0.25) is 0 Å². The molecule has 0 fully saturated rings. The van der Waals surface area contributed by atoms with E-state index in [1.165, 1.54) is 5.52 Å². The second-order valence-corrected chi connectivity index (χ2v) is 4.03. The van der Waals surface area contributed by atoms with Crippen molar-refractivity contribution >= 4 is 38.6 Å². The Morgan fingerprint density at radius 2 is 2.31 bits per heavy atom. The minimum absolute atomic E-state index is 1.05. The van der Waals surface area contributed by atoms with Crippen LogP contribution < -0.4 is 4.61 Å². The fourth-order valence-corrected chi connectivity index (χ4v) is 2.04. The topological polar surface area (TPSA) is 17.8 Å². The monoisotopic (exact) mass is 234 g/mol. The summed E-state index contributed by atoms with van der Waals surface area (Å²) < 4.78 is 3.21. The molecule has 13 heavy (non-hydrogen) atoms. The van der Waals surface area contributed by atoms with E-state index in [0.717, 1.165) is 15.7 Å². The summed E-state index contributed by atoms with van der Waals surface area (Å²) in [6.45, 7) is 3.80. The van der Waals surface area contributed by atoms with E-state index in [4.69, 9.17) is 0 Å². The van der Waals surface area contributed by atoms with Gasteiger partial charge in [0, 0.05) is 0 Å². The van der Waals surface area contributed by atoms with E-state index in [1.807, 2.05) is 25.3 Å². The molecule has 0 saturated heterocycles. The number of aromatic nitrogens is 2. The molecule has 1 aromatic carbocycles. The first kappa shape index (κ1) is 8.58. The number of fused-ring (bicyclic) bond motifs is 1. The second kappa shape index (κ2) is 3.04. The fourth-order valence-electron chi connectivity index (χ4n) is 1.48. The molecule has 1 unspecified atom stereocenters. The predicted molar refractivity (Wildman–Crippen MR) is 59.0 cm³/mol. The van der Waals surface area contributed by atoms with Crippen molar-refractivity contribution in [2.75, 3.05) is 0 Å². The summed E-state index contributed by atoms with van der Waals surface area (Å²) in [4.78, 5) is 4.46. The first-order chi connectivity index (χ1) is 6.24. The summed E-state index contributed by atoms with van der Waals surface area (Å²) in [6, 6.07) is 6.10. The van der Waals surface area contributed by atoms with Gasteiger partial charge in [-0.1, -0.05) is 0 Å². The maximum absolute atomic E-state index is 4.46. The van der Waals surface area contributed by atoms with Crippen molar-refractivity contribution in [3.8, 4) is 0 Å². The van der Waals surface area contributed by atoms with E-state index in [0.29, 0.717) is 0 Å². The Kier molecular flexibility index (Phi) is 2.01. The number of para-hydroxylation sites is 1. The van der Waals surface area contributed by atoms with Crippen molar-refractivity contribution < 1.29 is 0 Å². The fraction of sp³-hybridized carbons (Fsp3) is 0.100. The van der Waals surface area contributed by atoms with Gasteiger partial charge in [-0.2, -0.15) is 0 Å². The number of hydrogen-bond acceptors (Lipinski definition) is 1. The van der Waals surface area contributed by atoms with E-state index in [2.05, 4.69) is 22.2 Å². The van der Waals surface area contributed by atoms with Crippen LogP contribution in [0, 0.1) is 0 Å². The first-order valence-corrected chi connectivity index (χ1v) is 5.28. The summed E-state index contributed by atoms with van der Waals surface area (Å²) >= 11 is 1.55. The van der Waals surface area contributed by atoms with Crippen LogP contribution in [0.3, 0.4) is 0 Å². The van der Waals surface area contributed by atoms with Gasteiger partial charge in [-0.25, -0.2) is 0 Å². The van der Waals surface area contributed by atoms with Crippen LogP contribution in [-0.4, -0.2) is 26.4 Å². The van der Waals surface area contributed by atoms with Gasteiger partial charge in [0.1, 0.15) is 0 Å². The number of imidazole rings is 1. The third-order valence-electron chi connectivity index (χ3n) is 2.18. The Hall–Kier alpha value is -1.01. The molecule has 66 valence electrons. The molecule has 0 aliphatic rings. The molecular formula is C10H11AsN2. The average molecular weight is 234 g/mol. The van der Waals surface area contributed by atoms with Gasteiger partial charge in [0.25, 0.3) is 0 Å². The molecule has 0 spiro atoms. The molecular weight excluding hydrogens is 223 g/mol. The number of aryl methyl sites for hydroxylation is 1. The molecule has 0 aliphatic carbocycles. The van der Waals surface area contributed by atoms with Crippen molar-refractivity contribution in [1.29, 1.82) is 0 Å².